The molecule has 0 saturated carbocycles. The molecule has 1 aliphatic heterocycles. The van der Waals surface area contributed by atoms with Crippen LogP contribution in [-0.2, 0) is 9.59 Å². The van der Waals surface area contributed by atoms with Crippen LogP contribution < -0.4 is 5.32 Å². The number of hydrogen-bond donors (Lipinski definition) is 1. The van der Waals surface area contributed by atoms with Crippen LogP contribution in [0.2, 0.25) is 0 Å². The number of rotatable bonds is 5. The molecule has 5 nitrogen and oxygen atoms in total. The van der Waals surface area contributed by atoms with Crippen molar-refractivity contribution in [1.29, 1.82) is 0 Å². The van der Waals surface area contributed by atoms with E-state index in [4.69, 9.17) is 0 Å². The van der Waals surface area contributed by atoms with Gasteiger partial charge in [0, 0.05) is 48.0 Å². The normalized spacial score (nSPS) is 15.0. The van der Waals surface area contributed by atoms with Crippen molar-refractivity contribution in [2.45, 2.75) is 0 Å². The highest BCUT2D eigenvalue weighted by molar-refractivity contribution is 9.10. The first-order valence-corrected chi connectivity index (χ1v) is 9.80. The van der Waals surface area contributed by atoms with Crippen LogP contribution in [0.15, 0.2) is 59.1 Å². The zero-order valence-corrected chi connectivity index (χ0v) is 16.9. The van der Waals surface area contributed by atoms with Gasteiger partial charge in [0.1, 0.15) is 5.82 Å². The molecule has 2 aromatic carbocycles. The summed E-state index contributed by atoms with van der Waals surface area (Å²) in [6.07, 6.45) is 2.88. The van der Waals surface area contributed by atoms with E-state index in [1.807, 2.05) is 35.2 Å². The third-order valence-electron chi connectivity index (χ3n) is 4.47. The highest BCUT2D eigenvalue weighted by Gasteiger charge is 2.21. The number of benzene rings is 2. The number of carbonyl (C=O) groups excluding carboxylic acids is 2. The Bertz CT molecular complexity index is 865. The summed E-state index contributed by atoms with van der Waals surface area (Å²) in [5, 5.41) is 2.86. The second kappa shape index (κ2) is 9.61. The highest BCUT2D eigenvalue weighted by Crippen LogP contribution is 2.17. The molecule has 0 unspecified atom stereocenters. The molecule has 1 fully saturated rings. The first-order chi connectivity index (χ1) is 13.5. The Morgan fingerprint density at radius 2 is 1.79 bits per heavy atom. The fraction of sp³-hybridized carbons (Fsp3) is 0.238. The maximum absolute atomic E-state index is 13.7. The average Bonchev–Trinajstić information content (AvgIpc) is 2.69. The number of amides is 2. The lowest BCUT2D eigenvalue weighted by atomic mass is 10.2. The van der Waals surface area contributed by atoms with E-state index in [1.54, 1.807) is 17.0 Å². The SMILES string of the molecule is O=C(CN1CCN(C(=O)/C=C/c2cc(Br)ccc2F)CC1)Nc1ccccc1. The molecule has 1 heterocycles. The van der Waals surface area contributed by atoms with Gasteiger partial charge in [-0.2, -0.15) is 0 Å². The Labute approximate surface area is 172 Å². The number of nitrogens with zero attached hydrogens (tertiary/aromatic N) is 2. The van der Waals surface area contributed by atoms with Crippen molar-refractivity contribution in [2.75, 3.05) is 38.0 Å². The molecular weight excluding hydrogens is 425 g/mol. The largest absolute Gasteiger partial charge is 0.337 e. The predicted molar refractivity (Wildman–Crippen MR) is 111 cm³/mol. The van der Waals surface area contributed by atoms with Crippen molar-refractivity contribution in [3.05, 3.63) is 70.5 Å². The van der Waals surface area contributed by atoms with Gasteiger partial charge in [-0.25, -0.2) is 4.39 Å². The van der Waals surface area contributed by atoms with E-state index in [0.29, 0.717) is 31.7 Å². The van der Waals surface area contributed by atoms with Gasteiger partial charge < -0.3 is 10.2 Å². The van der Waals surface area contributed by atoms with Crippen LogP contribution in [0.5, 0.6) is 0 Å². The van der Waals surface area contributed by atoms with Crippen LogP contribution in [0.4, 0.5) is 10.1 Å². The minimum Gasteiger partial charge on any atom is -0.337 e. The van der Waals surface area contributed by atoms with Crippen molar-refractivity contribution in [3.63, 3.8) is 0 Å². The van der Waals surface area contributed by atoms with E-state index >= 15 is 0 Å². The topological polar surface area (TPSA) is 52.7 Å². The molecule has 0 bridgehead atoms. The molecule has 28 heavy (non-hydrogen) atoms. The van der Waals surface area contributed by atoms with Crippen LogP contribution in [0.3, 0.4) is 0 Å². The van der Waals surface area contributed by atoms with Crippen molar-refractivity contribution in [2.24, 2.45) is 0 Å². The van der Waals surface area contributed by atoms with Crippen LogP contribution in [0.25, 0.3) is 6.08 Å². The van der Waals surface area contributed by atoms with E-state index in [9.17, 15) is 14.0 Å². The van der Waals surface area contributed by atoms with Crippen LogP contribution in [0, 0.1) is 5.82 Å². The number of halogens is 2. The van der Waals surface area contributed by atoms with Crippen LogP contribution in [-0.4, -0.2) is 54.3 Å². The van der Waals surface area contributed by atoms with Gasteiger partial charge in [-0.1, -0.05) is 34.1 Å². The lowest BCUT2D eigenvalue weighted by Crippen LogP contribution is -2.50. The monoisotopic (exact) mass is 445 g/mol. The lowest BCUT2D eigenvalue weighted by Gasteiger charge is -2.33. The summed E-state index contributed by atoms with van der Waals surface area (Å²) >= 11 is 3.29. The van der Waals surface area contributed by atoms with Gasteiger partial charge in [0.25, 0.3) is 0 Å². The Morgan fingerprint density at radius 3 is 2.50 bits per heavy atom. The second-order valence-corrected chi connectivity index (χ2v) is 7.43. The standard InChI is InChI=1S/C21H21BrFN3O2/c22-17-7-8-19(23)16(14-17)6-9-21(28)26-12-10-25(11-13-26)15-20(27)24-18-4-2-1-3-5-18/h1-9,14H,10-13,15H2,(H,24,27)/b9-6+. The molecule has 0 aliphatic carbocycles. The number of carbonyl (C=O) groups is 2. The summed E-state index contributed by atoms with van der Waals surface area (Å²) in [5.74, 6) is -0.606. The Hall–Kier alpha value is -2.51. The van der Waals surface area contributed by atoms with E-state index in [2.05, 4.69) is 21.2 Å². The van der Waals surface area contributed by atoms with E-state index in [1.165, 1.54) is 18.2 Å². The highest BCUT2D eigenvalue weighted by atomic mass is 79.9. The molecule has 146 valence electrons. The van der Waals surface area contributed by atoms with Crippen molar-refractivity contribution < 1.29 is 14.0 Å². The zero-order chi connectivity index (χ0) is 19.9. The predicted octanol–water partition coefficient (Wildman–Crippen LogP) is 3.38. The number of para-hydroxylation sites is 1. The molecule has 0 atom stereocenters. The maximum Gasteiger partial charge on any atom is 0.246 e. The molecule has 1 aliphatic rings. The molecular formula is C21H21BrFN3O2. The number of nitrogens with one attached hydrogen (secondary N) is 1. The van der Waals surface area contributed by atoms with E-state index in [-0.39, 0.29) is 24.2 Å². The number of anilines is 1. The summed E-state index contributed by atoms with van der Waals surface area (Å²) in [7, 11) is 0. The smallest absolute Gasteiger partial charge is 0.246 e. The molecule has 2 amide bonds. The molecule has 3 rings (SSSR count). The lowest BCUT2D eigenvalue weighted by molar-refractivity contribution is -0.127. The molecule has 2 aromatic rings. The molecule has 1 saturated heterocycles. The van der Waals surface area contributed by atoms with Crippen molar-refractivity contribution in [3.8, 4) is 0 Å². The maximum atomic E-state index is 13.7. The first-order valence-electron chi connectivity index (χ1n) is 9.00. The van der Waals surface area contributed by atoms with Crippen LogP contribution in [0.1, 0.15) is 5.56 Å². The van der Waals surface area contributed by atoms with Gasteiger partial charge in [0.2, 0.25) is 11.8 Å². The fourth-order valence-electron chi connectivity index (χ4n) is 2.96. The Balaban J connectivity index is 1.46. The third-order valence-corrected chi connectivity index (χ3v) is 4.97. The summed E-state index contributed by atoms with van der Waals surface area (Å²) in [4.78, 5) is 28.2. The number of hydrogen-bond acceptors (Lipinski definition) is 3. The summed E-state index contributed by atoms with van der Waals surface area (Å²) in [6, 6.07) is 13.9. The second-order valence-electron chi connectivity index (χ2n) is 6.51. The van der Waals surface area contributed by atoms with Crippen LogP contribution >= 0.6 is 15.9 Å². The van der Waals surface area contributed by atoms with Gasteiger partial charge >= 0.3 is 0 Å². The molecule has 7 heteroatoms. The summed E-state index contributed by atoms with van der Waals surface area (Å²) in [6.45, 7) is 2.58. The molecule has 1 N–H and O–H groups in total. The Kier molecular flexibility index (Phi) is 6.95. The van der Waals surface area contributed by atoms with Gasteiger partial charge in [-0.3, -0.25) is 14.5 Å². The first kappa shape index (κ1) is 20.2. The average molecular weight is 446 g/mol. The van der Waals surface area contributed by atoms with Gasteiger partial charge in [0.05, 0.1) is 6.54 Å². The molecule has 0 radical (unpaired) electrons. The summed E-state index contributed by atoms with van der Waals surface area (Å²) < 4.78 is 14.5. The minimum absolute atomic E-state index is 0.0731. The Morgan fingerprint density at radius 1 is 1.07 bits per heavy atom. The van der Waals surface area contributed by atoms with Crippen molar-refractivity contribution >= 4 is 39.5 Å². The van der Waals surface area contributed by atoms with Gasteiger partial charge in [-0.05, 0) is 36.4 Å². The quantitative estimate of drug-likeness (QED) is 0.717. The third kappa shape index (κ3) is 5.74. The fourth-order valence-corrected chi connectivity index (χ4v) is 3.34. The molecule has 0 spiro atoms. The number of piperazine rings is 1. The van der Waals surface area contributed by atoms with Gasteiger partial charge in [-0.15, -0.1) is 0 Å². The molecule has 0 aromatic heterocycles. The zero-order valence-electron chi connectivity index (χ0n) is 15.3. The van der Waals surface area contributed by atoms with Crippen molar-refractivity contribution in [1.82, 2.24) is 9.80 Å². The van der Waals surface area contributed by atoms with E-state index < -0.39 is 0 Å². The van der Waals surface area contributed by atoms with E-state index in [0.717, 1.165) is 10.2 Å². The van der Waals surface area contributed by atoms with Gasteiger partial charge in [0.15, 0.2) is 0 Å². The minimum atomic E-state index is -0.374. The summed E-state index contributed by atoms with van der Waals surface area (Å²) in [5.41, 5.74) is 1.13.